The highest BCUT2D eigenvalue weighted by atomic mass is 16.5. The van der Waals surface area contributed by atoms with E-state index < -0.39 is 17.6 Å². The lowest BCUT2D eigenvalue weighted by Gasteiger charge is -2.14. The Labute approximate surface area is 138 Å². The van der Waals surface area contributed by atoms with Gasteiger partial charge in [-0.25, -0.2) is 9.89 Å². The van der Waals surface area contributed by atoms with E-state index in [2.05, 4.69) is 4.99 Å². The molecule has 1 heterocycles. The van der Waals surface area contributed by atoms with Crippen LogP contribution in [0.4, 0.5) is 5.69 Å². The third-order valence-corrected chi connectivity index (χ3v) is 3.63. The lowest BCUT2D eigenvalue weighted by molar-refractivity contribution is -0.111. The zero-order valence-electron chi connectivity index (χ0n) is 13.1. The Balaban J connectivity index is 2.03. The fourth-order valence-electron chi connectivity index (χ4n) is 2.45. The highest BCUT2D eigenvalue weighted by Crippen LogP contribution is 2.25. The van der Waals surface area contributed by atoms with E-state index in [-0.39, 0.29) is 17.0 Å². The summed E-state index contributed by atoms with van der Waals surface area (Å²) in [5, 5.41) is 0. The molecule has 0 aromatic heterocycles. The summed E-state index contributed by atoms with van der Waals surface area (Å²) >= 11 is 0. The number of nitrogens with zero attached hydrogens (tertiary/aromatic N) is 2. The van der Waals surface area contributed by atoms with E-state index in [1.54, 1.807) is 48.5 Å². The molecule has 6 heteroatoms. The monoisotopic (exact) mass is 322 g/mol. The van der Waals surface area contributed by atoms with Gasteiger partial charge in [-0.15, -0.1) is 0 Å². The molecule has 6 nitrogen and oxygen atoms in total. The molecule has 2 aromatic rings. The summed E-state index contributed by atoms with van der Waals surface area (Å²) in [5.41, 5.74) is 0.981. The van der Waals surface area contributed by atoms with Crippen molar-refractivity contribution in [3.05, 3.63) is 59.7 Å². The van der Waals surface area contributed by atoms with Crippen LogP contribution in [0.2, 0.25) is 0 Å². The van der Waals surface area contributed by atoms with E-state index in [1.807, 2.05) is 0 Å². The minimum Gasteiger partial charge on any atom is -0.497 e. The first-order chi connectivity index (χ1) is 11.5. The molecule has 0 aliphatic carbocycles. The molecule has 120 valence electrons. The van der Waals surface area contributed by atoms with Gasteiger partial charge >= 0.3 is 0 Å². The van der Waals surface area contributed by atoms with Crippen molar-refractivity contribution >= 4 is 29.1 Å². The second kappa shape index (κ2) is 6.08. The van der Waals surface area contributed by atoms with Crippen LogP contribution < -0.4 is 4.74 Å². The largest absolute Gasteiger partial charge is 0.497 e. The van der Waals surface area contributed by atoms with Crippen molar-refractivity contribution in [1.29, 1.82) is 0 Å². The molecule has 0 N–H and O–H groups in total. The summed E-state index contributed by atoms with van der Waals surface area (Å²) in [6.45, 7) is 1.27. The summed E-state index contributed by atoms with van der Waals surface area (Å²) in [6.07, 6.45) is 0. The molecule has 0 fully saturated rings. The normalized spacial score (nSPS) is 13.9. The number of carbonyl (C=O) groups excluding carboxylic acids is 3. The summed E-state index contributed by atoms with van der Waals surface area (Å²) in [5.74, 6) is -1.12. The maximum Gasteiger partial charge on any atom is 0.267 e. The number of methoxy groups -OCH3 is 1. The molecule has 0 atom stereocenters. The summed E-state index contributed by atoms with van der Waals surface area (Å²) in [7, 11) is 1.54. The van der Waals surface area contributed by atoms with Crippen LogP contribution in [0.3, 0.4) is 0 Å². The summed E-state index contributed by atoms with van der Waals surface area (Å²) < 4.78 is 5.06. The van der Waals surface area contributed by atoms with Crippen LogP contribution in [0.15, 0.2) is 53.5 Å². The molecule has 2 amide bonds. The number of hydrogen-bond acceptors (Lipinski definition) is 5. The van der Waals surface area contributed by atoms with Crippen molar-refractivity contribution in [2.75, 3.05) is 7.11 Å². The minimum absolute atomic E-state index is 0.202. The van der Waals surface area contributed by atoms with Gasteiger partial charge in [0.15, 0.2) is 11.6 Å². The Hall–Kier alpha value is -3.28. The van der Waals surface area contributed by atoms with Gasteiger partial charge in [0.25, 0.3) is 11.8 Å². The lowest BCUT2D eigenvalue weighted by Crippen LogP contribution is -2.39. The number of hydrogen-bond donors (Lipinski definition) is 0. The molecular weight excluding hydrogens is 308 g/mol. The summed E-state index contributed by atoms with van der Waals surface area (Å²) in [6, 6.07) is 13.1. The van der Waals surface area contributed by atoms with Gasteiger partial charge in [-0.05, 0) is 36.4 Å². The third kappa shape index (κ3) is 2.58. The second-order valence-corrected chi connectivity index (χ2v) is 5.18. The summed E-state index contributed by atoms with van der Waals surface area (Å²) in [4.78, 5) is 42.0. The molecule has 0 radical (unpaired) electrons. The number of benzene rings is 2. The molecular formula is C18H14N2O4. The molecule has 0 unspecified atom stereocenters. The Morgan fingerprint density at radius 2 is 1.50 bits per heavy atom. The van der Waals surface area contributed by atoms with Gasteiger partial charge in [-0.1, -0.05) is 12.1 Å². The van der Waals surface area contributed by atoms with Crippen LogP contribution in [0.1, 0.15) is 27.6 Å². The van der Waals surface area contributed by atoms with Crippen LogP contribution >= 0.6 is 0 Å². The van der Waals surface area contributed by atoms with E-state index in [0.29, 0.717) is 11.4 Å². The van der Waals surface area contributed by atoms with Gasteiger partial charge < -0.3 is 4.74 Å². The predicted molar refractivity (Wildman–Crippen MR) is 87.7 cm³/mol. The second-order valence-electron chi connectivity index (χ2n) is 5.18. The molecule has 1 aliphatic rings. The molecule has 3 rings (SSSR count). The fourth-order valence-corrected chi connectivity index (χ4v) is 2.45. The number of amides is 2. The fraction of sp³-hybridized carbons (Fsp3) is 0.111. The third-order valence-electron chi connectivity index (χ3n) is 3.63. The number of carbonyl (C=O) groups is 3. The Morgan fingerprint density at radius 3 is 1.96 bits per heavy atom. The Kier molecular flexibility index (Phi) is 3.95. The van der Waals surface area contributed by atoms with E-state index in [9.17, 15) is 14.4 Å². The van der Waals surface area contributed by atoms with Crippen molar-refractivity contribution in [2.24, 2.45) is 4.99 Å². The number of fused-ring (bicyclic) bond motifs is 1. The Bertz CT molecular complexity index is 834. The zero-order valence-corrected chi connectivity index (χ0v) is 13.1. The van der Waals surface area contributed by atoms with E-state index in [4.69, 9.17) is 4.74 Å². The van der Waals surface area contributed by atoms with Crippen LogP contribution in [-0.4, -0.2) is 35.4 Å². The quantitative estimate of drug-likeness (QED) is 0.494. The highest BCUT2D eigenvalue weighted by Gasteiger charge is 2.39. The lowest BCUT2D eigenvalue weighted by atomic mass is 10.1. The van der Waals surface area contributed by atoms with Crippen LogP contribution in [0.25, 0.3) is 0 Å². The van der Waals surface area contributed by atoms with E-state index in [1.165, 1.54) is 14.0 Å². The first-order valence-electron chi connectivity index (χ1n) is 7.24. The maximum atomic E-state index is 12.5. The highest BCUT2D eigenvalue weighted by molar-refractivity contribution is 6.47. The van der Waals surface area contributed by atoms with Gasteiger partial charge in [-0.2, -0.15) is 0 Å². The standard InChI is InChI=1S/C18H14N2O4/c1-11(21)16(19-12-7-9-13(24-2)10-8-12)20-17(22)14-5-3-4-6-15(14)18(20)23/h3-10H,1-2H3. The number of amidine groups is 1. The number of rotatable bonds is 3. The Morgan fingerprint density at radius 1 is 0.958 bits per heavy atom. The first-order valence-corrected chi connectivity index (χ1v) is 7.24. The number of imide groups is 1. The molecule has 0 bridgehead atoms. The predicted octanol–water partition coefficient (Wildman–Crippen LogP) is 2.61. The van der Waals surface area contributed by atoms with E-state index in [0.717, 1.165) is 4.90 Å². The van der Waals surface area contributed by atoms with Gasteiger partial charge in [0.2, 0.25) is 0 Å². The minimum atomic E-state index is -0.543. The smallest absolute Gasteiger partial charge is 0.267 e. The molecule has 0 saturated heterocycles. The molecule has 1 aliphatic heterocycles. The average Bonchev–Trinajstić information content (AvgIpc) is 2.85. The molecule has 0 spiro atoms. The van der Waals surface area contributed by atoms with Crippen molar-refractivity contribution in [3.8, 4) is 5.75 Å². The number of aliphatic imine (C=N–C) groups is 1. The van der Waals surface area contributed by atoms with Crippen molar-refractivity contribution < 1.29 is 19.1 Å². The molecule has 24 heavy (non-hydrogen) atoms. The number of Topliss-reactive ketones (excluding diaryl/α,β-unsaturated/α-hetero) is 1. The molecule has 2 aromatic carbocycles. The van der Waals surface area contributed by atoms with Crippen LogP contribution in [-0.2, 0) is 4.79 Å². The van der Waals surface area contributed by atoms with Crippen molar-refractivity contribution in [3.63, 3.8) is 0 Å². The van der Waals surface area contributed by atoms with Crippen molar-refractivity contribution in [2.45, 2.75) is 6.92 Å². The van der Waals surface area contributed by atoms with Gasteiger partial charge in [0, 0.05) is 6.92 Å². The van der Waals surface area contributed by atoms with E-state index >= 15 is 0 Å². The van der Waals surface area contributed by atoms with Crippen molar-refractivity contribution in [1.82, 2.24) is 4.90 Å². The maximum absolute atomic E-state index is 12.5. The van der Waals surface area contributed by atoms with Crippen LogP contribution in [0, 0.1) is 0 Å². The molecule has 0 saturated carbocycles. The zero-order chi connectivity index (χ0) is 17.3. The van der Waals surface area contributed by atoms with Gasteiger partial charge in [-0.3, -0.25) is 14.4 Å². The average molecular weight is 322 g/mol. The number of ketones is 1. The first kappa shape index (κ1) is 15.6. The van der Waals surface area contributed by atoms with Gasteiger partial charge in [0.05, 0.1) is 23.9 Å². The van der Waals surface area contributed by atoms with Crippen LogP contribution in [0.5, 0.6) is 5.75 Å². The topological polar surface area (TPSA) is 76.0 Å². The van der Waals surface area contributed by atoms with Gasteiger partial charge in [0.1, 0.15) is 5.75 Å². The SMILES string of the molecule is COc1ccc(N=C(C(C)=O)N2C(=O)c3ccccc3C2=O)cc1. The number of ether oxygens (including phenoxy) is 1.